The van der Waals surface area contributed by atoms with Gasteiger partial charge in [0.25, 0.3) is 0 Å². The molecule has 1 aromatic rings. The van der Waals surface area contributed by atoms with Crippen molar-refractivity contribution in [1.29, 1.82) is 0 Å². The van der Waals surface area contributed by atoms with Gasteiger partial charge in [-0.25, -0.2) is 0 Å². The van der Waals surface area contributed by atoms with E-state index in [0.29, 0.717) is 5.56 Å². The Kier molecular flexibility index (Phi) is 3.19. The van der Waals surface area contributed by atoms with Crippen LogP contribution in [0.3, 0.4) is 0 Å². The molecule has 3 N–H and O–H groups in total. The zero-order valence-electron chi connectivity index (χ0n) is 9.05. The summed E-state index contributed by atoms with van der Waals surface area (Å²) >= 11 is 0. The molecular weight excluding hydrogens is 219 g/mol. The number of nitrogens with two attached hydrogens (primary N) is 1. The molecule has 16 heavy (non-hydrogen) atoms. The van der Waals surface area contributed by atoms with Crippen LogP contribution in [0.25, 0.3) is 0 Å². The molecule has 0 bridgehead atoms. The van der Waals surface area contributed by atoms with Gasteiger partial charge in [-0.3, -0.25) is 0 Å². The minimum Gasteiger partial charge on any atom is -0.508 e. The number of aromatic hydroxyl groups is 1. The first-order valence-corrected chi connectivity index (χ1v) is 4.77. The molecule has 0 saturated carbocycles. The molecule has 1 aromatic carbocycles. The second kappa shape index (κ2) is 3.97. The van der Waals surface area contributed by atoms with E-state index >= 15 is 0 Å². The van der Waals surface area contributed by atoms with Crippen LogP contribution >= 0.6 is 0 Å². The van der Waals surface area contributed by atoms with E-state index in [0.717, 1.165) is 0 Å². The molecule has 0 aliphatic heterocycles. The van der Waals surface area contributed by atoms with Crippen LogP contribution in [-0.4, -0.2) is 17.3 Å². The summed E-state index contributed by atoms with van der Waals surface area (Å²) in [7, 11) is 0. The fraction of sp³-hybridized carbons (Fsp3) is 0.455. The Morgan fingerprint density at radius 2 is 1.81 bits per heavy atom. The molecule has 2 nitrogen and oxygen atoms in total. The largest absolute Gasteiger partial charge is 0.508 e. The van der Waals surface area contributed by atoms with E-state index in [9.17, 15) is 18.3 Å². The second-order valence-electron chi connectivity index (χ2n) is 4.29. The van der Waals surface area contributed by atoms with Gasteiger partial charge in [0, 0.05) is 5.41 Å². The van der Waals surface area contributed by atoms with Crippen molar-refractivity contribution in [3.8, 4) is 5.75 Å². The molecule has 0 radical (unpaired) electrons. The van der Waals surface area contributed by atoms with Gasteiger partial charge in [-0.15, -0.1) is 0 Å². The Morgan fingerprint density at radius 1 is 1.25 bits per heavy atom. The summed E-state index contributed by atoms with van der Waals surface area (Å²) in [6.45, 7) is 2.81. The summed E-state index contributed by atoms with van der Waals surface area (Å²) in [6, 6.07) is 3.74. The minimum absolute atomic E-state index is 0.0695. The van der Waals surface area contributed by atoms with Gasteiger partial charge in [-0.05, 0) is 17.7 Å². The van der Waals surface area contributed by atoms with Crippen molar-refractivity contribution in [2.45, 2.75) is 31.5 Å². The SMILES string of the molecule is CC(C)(c1cccc(O)c1)C(N)C(F)(F)F. The third-order valence-corrected chi connectivity index (χ3v) is 2.72. The van der Waals surface area contributed by atoms with Gasteiger partial charge in [0.1, 0.15) is 11.8 Å². The maximum atomic E-state index is 12.5. The van der Waals surface area contributed by atoms with E-state index in [2.05, 4.69) is 0 Å². The molecule has 1 unspecified atom stereocenters. The normalized spacial score (nSPS) is 14.9. The highest BCUT2D eigenvalue weighted by molar-refractivity contribution is 5.33. The average molecular weight is 233 g/mol. The molecule has 0 aromatic heterocycles. The summed E-state index contributed by atoms with van der Waals surface area (Å²) in [5.41, 5.74) is 4.28. The third kappa shape index (κ3) is 2.47. The molecule has 0 saturated heterocycles. The lowest BCUT2D eigenvalue weighted by molar-refractivity contribution is -0.160. The van der Waals surface area contributed by atoms with Gasteiger partial charge in [-0.1, -0.05) is 26.0 Å². The number of rotatable bonds is 2. The van der Waals surface area contributed by atoms with Crippen LogP contribution in [0.2, 0.25) is 0 Å². The van der Waals surface area contributed by atoms with Crippen LogP contribution in [0.15, 0.2) is 24.3 Å². The van der Waals surface area contributed by atoms with Crippen molar-refractivity contribution in [1.82, 2.24) is 0 Å². The fourth-order valence-electron chi connectivity index (χ4n) is 1.50. The third-order valence-electron chi connectivity index (χ3n) is 2.72. The van der Waals surface area contributed by atoms with E-state index in [1.54, 1.807) is 0 Å². The van der Waals surface area contributed by atoms with Crippen molar-refractivity contribution in [2.24, 2.45) is 5.73 Å². The Labute approximate surface area is 91.9 Å². The lowest BCUT2D eigenvalue weighted by Gasteiger charge is -2.33. The zero-order chi connectivity index (χ0) is 12.6. The van der Waals surface area contributed by atoms with E-state index in [-0.39, 0.29) is 5.75 Å². The highest BCUT2D eigenvalue weighted by Crippen LogP contribution is 2.36. The molecule has 0 aliphatic carbocycles. The van der Waals surface area contributed by atoms with Gasteiger partial charge in [0.2, 0.25) is 0 Å². The molecule has 0 spiro atoms. The van der Waals surface area contributed by atoms with E-state index in [1.165, 1.54) is 38.1 Å². The lowest BCUT2D eigenvalue weighted by atomic mass is 9.78. The quantitative estimate of drug-likeness (QED) is 0.824. The summed E-state index contributed by atoms with van der Waals surface area (Å²) in [5, 5.41) is 9.24. The standard InChI is InChI=1S/C11H14F3NO/c1-10(2,9(15)11(12,13)14)7-4-3-5-8(16)6-7/h3-6,9,16H,15H2,1-2H3. The molecule has 1 atom stereocenters. The molecule has 0 fully saturated rings. The van der Waals surface area contributed by atoms with Gasteiger partial charge in [-0.2, -0.15) is 13.2 Å². The maximum Gasteiger partial charge on any atom is 0.404 e. The fourth-order valence-corrected chi connectivity index (χ4v) is 1.50. The summed E-state index contributed by atoms with van der Waals surface area (Å²) in [4.78, 5) is 0. The number of hydrogen-bond donors (Lipinski definition) is 2. The molecule has 1 rings (SSSR count). The first-order chi connectivity index (χ1) is 7.15. The second-order valence-corrected chi connectivity index (χ2v) is 4.29. The first-order valence-electron chi connectivity index (χ1n) is 4.77. The summed E-state index contributed by atoms with van der Waals surface area (Å²) < 4.78 is 37.6. The van der Waals surface area contributed by atoms with Crippen LogP contribution in [-0.2, 0) is 5.41 Å². The topological polar surface area (TPSA) is 46.2 Å². The number of halogens is 3. The van der Waals surface area contributed by atoms with Crippen molar-refractivity contribution < 1.29 is 18.3 Å². The van der Waals surface area contributed by atoms with E-state index < -0.39 is 17.6 Å². The molecule has 90 valence electrons. The number of alkyl halides is 3. The molecule has 0 aliphatic rings. The summed E-state index contributed by atoms with van der Waals surface area (Å²) in [5.74, 6) is -0.0695. The highest BCUT2D eigenvalue weighted by Gasteiger charge is 2.47. The van der Waals surface area contributed by atoms with Crippen LogP contribution in [0.5, 0.6) is 5.75 Å². The van der Waals surface area contributed by atoms with Crippen LogP contribution in [0.1, 0.15) is 19.4 Å². The number of phenolic OH excluding ortho intramolecular Hbond substituents is 1. The number of phenols is 1. The predicted molar refractivity (Wildman–Crippen MR) is 55.2 cm³/mol. The van der Waals surface area contributed by atoms with Crippen molar-refractivity contribution in [2.75, 3.05) is 0 Å². The Balaban J connectivity index is 3.11. The molecule has 0 heterocycles. The number of hydrogen-bond acceptors (Lipinski definition) is 2. The van der Waals surface area contributed by atoms with Crippen molar-refractivity contribution in [3.63, 3.8) is 0 Å². The predicted octanol–water partition coefficient (Wildman–Crippen LogP) is 2.56. The summed E-state index contributed by atoms with van der Waals surface area (Å²) in [6.07, 6.45) is -4.46. The Morgan fingerprint density at radius 3 is 2.25 bits per heavy atom. The maximum absolute atomic E-state index is 12.5. The Bertz CT molecular complexity index is 374. The van der Waals surface area contributed by atoms with Gasteiger partial charge in [0.05, 0.1) is 0 Å². The van der Waals surface area contributed by atoms with Crippen LogP contribution in [0, 0.1) is 0 Å². The smallest absolute Gasteiger partial charge is 0.404 e. The van der Waals surface area contributed by atoms with Crippen LogP contribution in [0.4, 0.5) is 13.2 Å². The number of benzene rings is 1. The van der Waals surface area contributed by atoms with Gasteiger partial charge < -0.3 is 10.8 Å². The highest BCUT2D eigenvalue weighted by atomic mass is 19.4. The van der Waals surface area contributed by atoms with E-state index in [4.69, 9.17) is 5.73 Å². The van der Waals surface area contributed by atoms with Crippen LogP contribution < -0.4 is 5.73 Å². The molecule has 5 heteroatoms. The average Bonchev–Trinajstić information content (AvgIpc) is 2.15. The molecular formula is C11H14F3NO. The monoisotopic (exact) mass is 233 g/mol. The van der Waals surface area contributed by atoms with Gasteiger partial charge in [0.15, 0.2) is 0 Å². The lowest BCUT2D eigenvalue weighted by Crippen LogP contribution is -2.51. The first kappa shape index (κ1) is 12.8. The molecule has 0 amide bonds. The van der Waals surface area contributed by atoms with Crippen molar-refractivity contribution in [3.05, 3.63) is 29.8 Å². The van der Waals surface area contributed by atoms with E-state index in [1.807, 2.05) is 0 Å². The minimum atomic E-state index is -4.46. The van der Waals surface area contributed by atoms with Crippen molar-refractivity contribution >= 4 is 0 Å². The zero-order valence-corrected chi connectivity index (χ0v) is 9.05. The van der Waals surface area contributed by atoms with Gasteiger partial charge >= 0.3 is 6.18 Å². The Hall–Kier alpha value is -1.23.